The van der Waals surface area contributed by atoms with Gasteiger partial charge in [0.1, 0.15) is 0 Å². The van der Waals surface area contributed by atoms with E-state index in [1.807, 2.05) is 0 Å². The van der Waals surface area contributed by atoms with Crippen molar-refractivity contribution in [1.82, 2.24) is 0 Å². The normalized spacial score (nSPS) is 34.9. The molecule has 0 N–H and O–H groups in total. The zero-order chi connectivity index (χ0) is 8.43. The molecule has 1 rings (SSSR count). The summed E-state index contributed by atoms with van der Waals surface area (Å²) in [6.07, 6.45) is 3.62. The lowest BCUT2D eigenvalue weighted by molar-refractivity contribution is 0.268. The lowest BCUT2D eigenvalue weighted by Gasteiger charge is -2.15. The highest BCUT2D eigenvalue weighted by molar-refractivity contribution is 4.89. The summed E-state index contributed by atoms with van der Waals surface area (Å²) in [5.74, 6) is 1.57. The Morgan fingerprint density at radius 2 is 1.91 bits per heavy atom. The standard InChI is InChI=1S/C10H20O/c1-5-7(3)8(4)10-9(6-2)11-10/h7-10H,5-6H2,1-4H3. The monoisotopic (exact) mass is 156 g/mol. The molecule has 4 unspecified atom stereocenters. The number of rotatable bonds is 4. The van der Waals surface area contributed by atoms with E-state index in [4.69, 9.17) is 4.74 Å². The lowest BCUT2D eigenvalue weighted by Crippen LogP contribution is -2.15. The zero-order valence-corrected chi connectivity index (χ0v) is 8.13. The third-order valence-electron chi connectivity index (χ3n) is 3.08. The van der Waals surface area contributed by atoms with Crippen molar-refractivity contribution < 1.29 is 4.74 Å². The van der Waals surface area contributed by atoms with Gasteiger partial charge in [0.2, 0.25) is 0 Å². The molecule has 1 heterocycles. The molecule has 1 aliphatic rings. The van der Waals surface area contributed by atoms with Gasteiger partial charge in [-0.05, 0) is 18.3 Å². The first kappa shape index (κ1) is 9.05. The van der Waals surface area contributed by atoms with Gasteiger partial charge in [-0.1, -0.05) is 34.1 Å². The second-order valence-electron chi connectivity index (χ2n) is 3.79. The fourth-order valence-corrected chi connectivity index (χ4v) is 1.64. The van der Waals surface area contributed by atoms with Gasteiger partial charge >= 0.3 is 0 Å². The fraction of sp³-hybridized carbons (Fsp3) is 1.00. The van der Waals surface area contributed by atoms with Gasteiger partial charge in [-0.25, -0.2) is 0 Å². The summed E-state index contributed by atoms with van der Waals surface area (Å²) in [5, 5.41) is 0. The summed E-state index contributed by atoms with van der Waals surface area (Å²) in [6.45, 7) is 9.09. The van der Waals surface area contributed by atoms with Crippen molar-refractivity contribution >= 4 is 0 Å². The Labute approximate surface area is 70.1 Å². The zero-order valence-electron chi connectivity index (χ0n) is 8.13. The van der Waals surface area contributed by atoms with Crippen molar-refractivity contribution in [3.8, 4) is 0 Å². The molecule has 0 amide bonds. The van der Waals surface area contributed by atoms with Gasteiger partial charge in [-0.15, -0.1) is 0 Å². The summed E-state index contributed by atoms with van der Waals surface area (Å²) in [4.78, 5) is 0. The van der Waals surface area contributed by atoms with Gasteiger partial charge < -0.3 is 4.74 Å². The second-order valence-corrected chi connectivity index (χ2v) is 3.79. The Morgan fingerprint density at radius 3 is 2.27 bits per heavy atom. The molecule has 1 aliphatic heterocycles. The summed E-state index contributed by atoms with van der Waals surface area (Å²) < 4.78 is 5.55. The first-order valence-corrected chi connectivity index (χ1v) is 4.86. The molecule has 0 radical (unpaired) electrons. The largest absolute Gasteiger partial charge is 0.369 e. The van der Waals surface area contributed by atoms with Gasteiger partial charge in [0.05, 0.1) is 12.2 Å². The maximum Gasteiger partial charge on any atom is 0.0869 e. The Hall–Kier alpha value is -0.0400. The molecule has 0 spiro atoms. The number of hydrogen-bond donors (Lipinski definition) is 0. The van der Waals surface area contributed by atoms with E-state index in [9.17, 15) is 0 Å². The molecule has 4 atom stereocenters. The minimum Gasteiger partial charge on any atom is -0.369 e. The number of hydrogen-bond acceptors (Lipinski definition) is 1. The van der Waals surface area contributed by atoms with Crippen molar-refractivity contribution in [2.24, 2.45) is 11.8 Å². The van der Waals surface area contributed by atoms with Gasteiger partial charge in [0.15, 0.2) is 0 Å². The second kappa shape index (κ2) is 3.57. The van der Waals surface area contributed by atoms with E-state index in [2.05, 4.69) is 27.7 Å². The molecule has 0 bridgehead atoms. The summed E-state index contributed by atoms with van der Waals surface area (Å²) in [7, 11) is 0. The van der Waals surface area contributed by atoms with E-state index in [1.54, 1.807) is 0 Å². The molecule has 0 aliphatic carbocycles. The highest BCUT2D eigenvalue weighted by Gasteiger charge is 2.42. The maximum absolute atomic E-state index is 5.55. The van der Waals surface area contributed by atoms with E-state index < -0.39 is 0 Å². The number of epoxide rings is 1. The van der Waals surface area contributed by atoms with E-state index >= 15 is 0 Å². The molecular weight excluding hydrogens is 136 g/mol. The van der Waals surface area contributed by atoms with E-state index in [0.29, 0.717) is 12.2 Å². The van der Waals surface area contributed by atoms with Crippen molar-refractivity contribution in [1.29, 1.82) is 0 Å². The van der Waals surface area contributed by atoms with Gasteiger partial charge in [-0.2, -0.15) is 0 Å². The van der Waals surface area contributed by atoms with Crippen LogP contribution in [0.2, 0.25) is 0 Å². The molecular formula is C10H20O. The summed E-state index contributed by atoms with van der Waals surface area (Å²) in [5.41, 5.74) is 0. The Balaban J connectivity index is 2.26. The highest BCUT2D eigenvalue weighted by atomic mass is 16.6. The molecule has 0 aromatic rings. The van der Waals surface area contributed by atoms with Crippen LogP contribution in [-0.2, 0) is 4.74 Å². The van der Waals surface area contributed by atoms with Crippen LogP contribution in [0.1, 0.15) is 40.5 Å². The Bertz CT molecular complexity index is 122. The Kier molecular flexibility index (Phi) is 2.94. The minimum absolute atomic E-state index is 0.579. The van der Waals surface area contributed by atoms with Crippen LogP contribution in [0.4, 0.5) is 0 Å². The predicted molar refractivity (Wildman–Crippen MR) is 47.6 cm³/mol. The lowest BCUT2D eigenvalue weighted by atomic mass is 9.89. The van der Waals surface area contributed by atoms with Crippen LogP contribution >= 0.6 is 0 Å². The first-order chi connectivity index (χ1) is 5.20. The molecule has 0 saturated carbocycles. The van der Waals surface area contributed by atoms with Crippen LogP contribution in [-0.4, -0.2) is 12.2 Å². The molecule has 66 valence electrons. The average molecular weight is 156 g/mol. The van der Waals surface area contributed by atoms with Crippen molar-refractivity contribution in [3.05, 3.63) is 0 Å². The minimum atomic E-state index is 0.579. The summed E-state index contributed by atoms with van der Waals surface area (Å²) >= 11 is 0. The molecule has 11 heavy (non-hydrogen) atoms. The van der Waals surface area contributed by atoms with E-state index in [1.165, 1.54) is 12.8 Å². The predicted octanol–water partition coefficient (Wildman–Crippen LogP) is 2.85. The van der Waals surface area contributed by atoms with Gasteiger partial charge in [-0.3, -0.25) is 0 Å². The molecule has 1 saturated heterocycles. The molecule has 1 nitrogen and oxygen atoms in total. The van der Waals surface area contributed by atoms with Crippen molar-refractivity contribution in [2.75, 3.05) is 0 Å². The smallest absolute Gasteiger partial charge is 0.0869 e. The van der Waals surface area contributed by atoms with E-state index in [-0.39, 0.29) is 0 Å². The first-order valence-electron chi connectivity index (χ1n) is 4.86. The summed E-state index contributed by atoms with van der Waals surface area (Å²) in [6, 6.07) is 0. The van der Waals surface area contributed by atoms with Crippen LogP contribution in [0.5, 0.6) is 0 Å². The van der Waals surface area contributed by atoms with Gasteiger partial charge in [0.25, 0.3) is 0 Å². The molecule has 1 fully saturated rings. The quantitative estimate of drug-likeness (QED) is 0.570. The third-order valence-corrected chi connectivity index (χ3v) is 3.08. The third kappa shape index (κ3) is 1.96. The van der Waals surface area contributed by atoms with Crippen LogP contribution in [0.25, 0.3) is 0 Å². The molecule has 1 heteroatoms. The van der Waals surface area contributed by atoms with E-state index in [0.717, 1.165) is 11.8 Å². The molecule has 0 aromatic heterocycles. The molecule has 0 aromatic carbocycles. The van der Waals surface area contributed by atoms with Gasteiger partial charge in [0, 0.05) is 0 Å². The topological polar surface area (TPSA) is 12.5 Å². The Morgan fingerprint density at radius 1 is 1.27 bits per heavy atom. The van der Waals surface area contributed by atoms with Crippen LogP contribution in [0, 0.1) is 11.8 Å². The van der Waals surface area contributed by atoms with Crippen LogP contribution < -0.4 is 0 Å². The highest BCUT2D eigenvalue weighted by Crippen LogP contribution is 2.36. The van der Waals surface area contributed by atoms with Crippen molar-refractivity contribution in [3.63, 3.8) is 0 Å². The maximum atomic E-state index is 5.55. The average Bonchev–Trinajstić information content (AvgIpc) is 2.80. The van der Waals surface area contributed by atoms with Crippen LogP contribution in [0.15, 0.2) is 0 Å². The SMILES string of the molecule is CCC(C)C(C)C1OC1CC. The fourth-order valence-electron chi connectivity index (χ4n) is 1.64. The van der Waals surface area contributed by atoms with Crippen molar-refractivity contribution in [2.45, 2.75) is 52.7 Å². The number of ether oxygens (including phenoxy) is 1. The van der Waals surface area contributed by atoms with Crippen LogP contribution in [0.3, 0.4) is 0 Å².